The van der Waals surface area contributed by atoms with Gasteiger partial charge in [0, 0.05) is 12.1 Å². The highest BCUT2D eigenvalue weighted by Crippen LogP contribution is 2.32. The van der Waals surface area contributed by atoms with Crippen molar-refractivity contribution in [1.29, 1.82) is 0 Å². The third kappa shape index (κ3) is 3.76. The van der Waals surface area contributed by atoms with Crippen molar-refractivity contribution in [2.75, 3.05) is 7.11 Å². The number of halogens is 1. The van der Waals surface area contributed by atoms with Crippen LogP contribution in [-0.2, 0) is 0 Å². The molecule has 112 valence electrons. The summed E-state index contributed by atoms with van der Waals surface area (Å²) in [6, 6.07) is 7.35. The quantitative estimate of drug-likeness (QED) is 0.839. The lowest BCUT2D eigenvalue weighted by atomic mass is 9.79. The summed E-state index contributed by atoms with van der Waals surface area (Å²) in [6.45, 7) is 7.00. The molecule has 4 unspecified atom stereocenters. The van der Waals surface area contributed by atoms with Crippen LogP contribution in [0.1, 0.15) is 51.6 Å². The van der Waals surface area contributed by atoms with Gasteiger partial charge in [0.25, 0.3) is 0 Å². The van der Waals surface area contributed by atoms with Crippen LogP contribution in [0.15, 0.2) is 22.7 Å². The third-order valence-electron chi connectivity index (χ3n) is 4.60. The van der Waals surface area contributed by atoms with Crippen LogP contribution in [0.5, 0.6) is 5.75 Å². The van der Waals surface area contributed by atoms with Crippen molar-refractivity contribution in [2.24, 2.45) is 11.8 Å². The fourth-order valence-electron chi connectivity index (χ4n) is 3.13. The van der Waals surface area contributed by atoms with E-state index in [4.69, 9.17) is 4.74 Å². The normalized spacial score (nSPS) is 28.1. The van der Waals surface area contributed by atoms with Crippen molar-refractivity contribution in [3.8, 4) is 5.75 Å². The minimum atomic E-state index is 0.370. The first-order valence-electron chi connectivity index (χ1n) is 7.60. The molecule has 20 heavy (non-hydrogen) atoms. The Kier molecular flexibility index (Phi) is 5.50. The van der Waals surface area contributed by atoms with Crippen LogP contribution in [0.4, 0.5) is 0 Å². The number of nitrogens with one attached hydrogen (secondary N) is 1. The molecule has 2 rings (SSSR count). The van der Waals surface area contributed by atoms with Gasteiger partial charge in [-0.15, -0.1) is 0 Å². The van der Waals surface area contributed by atoms with Gasteiger partial charge in [-0.1, -0.05) is 26.3 Å². The second-order valence-corrected chi connectivity index (χ2v) is 7.14. The van der Waals surface area contributed by atoms with E-state index in [-0.39, 0.29) is 0 Å². The summed E-state index contributed by atoms with van der Waals surface area (Å²) in [5.41, 5.74) is 1.31. The predicted molar refractivity (Wildman–Crippen MR) is 88.2 cm³/mol. The molecule has 1 aliphatic carbocycles. The summed E-state index contributed by atoms with van der Waals surface area (Å²) >= 11 is 3.57. The van der Waals surface area contributed by atoms with Gasteiger partial charge in [-0.3, -0.25) is 0 Å². The van der Waals surface area contributed by atoms with Gasteiger partial charge in [-0.2, -0.15) is 0 Å². The first-order chi connectivity index (χ1) is 9.51. The highest BCUT2D eigenvalue weighted by molar-refractivity contribution is 9.10. The molecule has 0 spiro atoms. The number of hydrogen-bond donors (Lipinski definition) is 1. The van der Waals surface area contributed by atoms with Crippen molar-refractivity contribution in [2.45, 2.75) is 52.1 Å². The number of rotatable bonds is 4. The summed E-state index contributed by atoms with van der Waals surface area (Å²) in [4.78, 5) is 0. The zero-order valence-corrected chi connectivity index (χ0v) is 14.5. The molecule has 1 N–H and O–H groups in total. The van der Waals surface area contributed by atoms with Gasteiger partial charge < -0.3 is 10.1 Å². The molecule has 2 nitrogen and oxygen atoms in total. The standard InChI is InChI=1S/C17H26BrNO/c1-11-5-6-12(2)16(9-11)19-13(3)14-7-8-17(20-4)15(18)10-14/h7-8,10-13,16,19H,5-6,9H2,1-4H3. The summed E-state index contributed by atoms with van der Waals surface area (Å²) in [7, 11) is 1.70. The van der Waals surface area contributed by atoms with Crippen molar-refractivity contribution < 1.29 is 4.74 Å². The Morgan fingerprint density at radius 2 is 2.05 bits per heavy atom. The van der Waals surface area contributed by atoms with Crippen LogP contribution >= 0.6 is 15.9 Å². The molecule has 1 fully saturated rings. The van der Waals surface area contributed by atoms with Crippen molar-refractivity contribution in [1.82, 2.24) is 5.32 Å². The van der Waals surface area contributed by atoms with E-state index in [0.29, 0.717) is 12.1 Å². The Bertz CT molecular complexity index is 449. The van der Waals surface area contributed by atoms with Gasteiger partial charge in [0.2, 0.25) is 0 Å². The molecule has 3 heteroatoms. The number of ether oxygens (including phenoxy) is 1. The maximum absolute atomic E-state index is 5.29. The fourth-order valence-corrected chi connectivity index (χ4v) is 3.69. The monoisotopic (exact) mass is 339 g/mol. The predicted octanol–water partition coefficient (Wildman–Crippen LogP) is 4.93. The van der Waals surface area contributed by atoms with E-state index >= 15 is 0 Å². The summed E-state index contributed by atoms with van der Waals surface area (Å²) in [5.74, 6) is 2.51. The molecular formula is C17H26BrNO. The van der Waals surface area contributed by atoms with E-state index in [1.165, 1.54) is 24.8 Å². The van der Waals surface area contributed by atoms with Gasteiger partial charge in [0.1, 0.15) is 5.75 Å². The van der Waals surface area contributed by atoms with Crippen LogP contribution in [-0.4, -0.2) is 13.2 Å². The van der Waals surface area contributed by atoms with E-state index in [0.717, 1.165) is 22.1 Å². The van der Waals surface area contributed by atoms with Gasteiger partial charge in [0.05, 0.1) is 11.6 Å². The van der Waals surface area contributed by atoms with Gasteiger partial charge >= 0.3 is 0 Å². The molecule has 1 aromatic carbocycles. The average Bonchev–Trinajstić information content (AvgIpc) is 2.42. The first kappa shape index (κ1) is 15.8. The Morgan fingerprint density at radius 3 is 2.70 bits per heavy atom. The van der Waals surface area contributed by atoms with Gasteiger partial charge in [-0.25, -0.2) is 0 Å². The molecule has 0 heterocycles. The second kappa shape index (κ2) is 6.95. The molecule has 0 bridgehead atoms. The average molecular weight is 340 g/mol. The van der Waals surface area contributed by atoms with Crippen LogP contribution in [0.25, 0.3) is 0 Å². The molecule has 1 aromatic rings. The Labute approximate surface area is 131 Å². The minimum absolute atomic E-state index is 0.370. The maximum Gasteiger partial charge on any atom is 0.133 e. The molecule has 1 saturated carbocycles. The highest BCUT2D eigenvalue weighted by atomic mass is 79.9. The van der Waals surface area contributed by atoms with Crippen LogP contribution in [0.3, 0.4) is 0 Å². The van der Waals surface area contributed by atoms with E-state index in [1.54, 1.807) is 7.11 Å². The zero-order valence-electron chi connectivity index (χ0n) is 12.9. The molecule has 1 aliphatic rings. The smallest absolute Gasteiger partial charge is 0.133 e. The lowest BCUT2D eigenvalue weighted by molar-refractivity contribution is 0.216. The number of methoxy groups -OCH3 is 1. The first-order valence-corrected chi connectivity index (χ1v) is 8.40. The lowest BCUT2D eigenvalue weighted by Gasteiger charge is -2.35. The third-order valence-corrected chi connectivity index (χ3v) is 5.22. The molecular weight excluding hydrogens is 314 g/mol. The molecule has 4 atom stereocenters. The molecule has 0 aliphatic heterocycles. The molecule has 0 aromatic heterocycles. The van der Waals surface area contributed by atoms with Crippen LogP contribution < -0.4 is 10.1 Å². The topological polar surface area (TPSA) is 21.3 Å². The van der Waals surface area contributed by atoms with E-state index in [9.17, 15) is 0 Å². The second-order valence-electron chi connectivity index (χ2n) is 6.28. The fraction of sp³-hybridized carbons (Fsp3) is 0.647. The van der Waals surface area contributed by atoms with Gasteiger partial charge in [-0.05, 0) is 65.2 Å². The van der Waals surface area contributed by atoms with Gasteiger partial charge in [0.15, 0.2) is 0 Å². The molecule has 0 amide bonds. The van der Waals surface area contributed by atoms with E-state index in [2.05, 4.69) is 54.2 Å². The molecule has 0 saturated heterocycles. The Morgan fingerprint density at radius 1 is 1.30 bits per heavy atom. The van der Waals surface area contributed by atoms with Crippen LogP contribution in [0.2, 0.25) is 0 Å². The van der Waals surface area contributed by atoms with Crippen LogP contribution in [0, 0.1) is 11.8 Å². The molecule has 0 radical (unpaired) electrons. The number of benzene rings is 1. The number of hydrogen-bond acceptors (Lipinski definition) is 2. The summed E-state index contributed by atoms with van der Waals surface area (Å²) in [5, 5.41) is 3.82. The largest absolute Gasteiger partial charge is 0.496 e. The SMILES string of the molecule is COc1ccc(C(C)NC2CC(C)CCC2C)cc1Br. The summed E-state index contributed by atoms with van der Waals surface area (Å²) in [6.07, 6.45) is 4.02. The van der Waals surface area contributed by atoms with E-state index < -0.39 is 0 Å². The summed E-state index contributed by atoms with van der Waals surface area (Å²) < 4.78 is 6.32. The van der Waals surface area contributed by atoms with Crippen molar-refractivity contribution >= 4 is 15.9 Å². The Balaban J connectivity index is 2.03. The van der Waals surface area contributed by atoms with Crippen molar-refractivity contribution in [3.63, 3.8) is 0 Å². The highest BCUT2D eigenvalue weighted by Gasteiger charge is 2.26. The maximum atomic E-state index is 5.29. The van der Waals surface area contributed by atoms with E-state index in [1.807, 2.05) is 6.07 Å². The minimum Gasteiger partial charge on any atom is -0.496 e. The Hall–Kier alpha value is -0.540. The lowest BCUT2D eigenvalue weighted by Crippen LogP contribution is -2.40. The van der Waals surface area contributed by atoms with Crippen molar-refractivity contribution in [3.05, 3.63) is 28.2 Å². The zero-order chi connectivity index (χ0) is 14.7.